The van der Waals surface area contributed by atoms with Gasteiger partial charge in [-0.3, -0.25) is 0 Å². The fourth-order valence-corrected chi connectivity index (χ4v) is 3.77. The SMILES string of the molecule is Fc1cccc(Cl)c1N1CCCNC2(CCCC2)C1. The highest BCUT2D eigenvalue weighted by Crippen LogP contribution is 2.36. The highest BCUT2D eigenvalue weighted by Gasteiger charge is 2.37. The van der Waals surface area contributed by atoms with E-state index >= 15 is 0 Å². The normalized spacial score (nSPS) is 22.7. The fourth-order valence-electron chi connectivity index (χ4n) is 3.49. The second-order valence-electron chi connectivity index (χ2n) is 5.76. The van der Waals surface area contributed by atoms with E-state index in [1.807, 2.05) is 0 Å². The first kappa shape index (κ1) is 13.2. The second kappa shape index (κ2) is 5.29. The molecule has 2 nitrogen and oxygen atoms in total. The van der Waals surface area contributed by atoms with Crippen molar-refractivity contribution in [3.63, 3.8) is 0 Å². The van der Waals surface area contributed by atoms with Crippen LogP contribution in [0, 0.1) is 5.82 Å². The van der Waals surface area contributed by atoms with E-state index in [9.17, 15) is 4.39 Å². The summed E-state index contributed by atoms with van der Waals surface area (Å²) in [6.07, 6.45) is 5.95. The summed E-state index contributed by atoms with van der Waals surface area (Å²) in [5, 5.41) is 4.21. The molecule has 1 saturated heterocycles. The lowest BCUT2D eigenvalue weighted by molar-refractivity contribution is 0.354. The molecule has 4 heteroatoms. The summed E-state index contributed by atoms with van der Waals surface area (Å²) in [5.74, 6) is -0.206. The third kappa shape index (κ3) is 2.59. The average Bonchev–Trinajstić information content (AvgIpc) is 2.72. The van der Waals surface area contributed by atoms with Gasteiger partial charge in [0.2, 0.25) is 0 Å². The van der Waals surface area contributed by atoms with Crippen molar-refractivity contribution in [3.8, 4) is 0 Å². The predicted octanol–water partition coefficient (Wildman–Crippen LogP) is 3.59. The number of hydrogen-bond acceptors (Lipinski definition) is 2. The van der Waals surface area contributed by atoms with Gasteiger partial charge in [0.15, 0.2) is 0 Å². The second-order valence-corrected chi connectivity index (χ2v) is 6.17. The first-order valence-electron chi connectivity index (χ1n) is 7.14. The van der Waals surface area contributed by atoms with Gasteiger partial charge in [-0.2, -0.15) is 0 Å². The minimum absolute atomic E-state index is 0.169. The van der Waals surface area contributed by atoms with Crippen LogP contribution in [0.5, 0.6) is 0 Å². The molecule has 19 heavy (non-hydrogen) atoms. The van der Waals surface area contributed by atoms with Crippen LogP contribution in [0.3, 0.4) is 0 Å². The Balaban J connectivity index is 1.90. The summed E-state index contributed by atoms with van der Waals surface area (Å²) in [5.41, 5.74) is 0.751. The standard InChI is InChI=1S/C15H20ClFN2/c16-12-5-3-6-13(17)14(12)19-10-4-9-18-15(11-19)7-1-2-8-15/h3,5-6,18H,1-2,4,7-11H2. The van der Waals surface area contributed by atoms with Crippen molar-refractivity contribution in [1.29, 1.82) is 0 Å². The molecular weight excluding hydrogens is 263 g/mol. The third-order valence-corrected chi connectivity index (χ3v) is 4.72. The molecule has 1 aromatic rings. The molecule has 1 heterocycles. The number of nitrogens with zero attached hydrogens (tertiary/aromatic N) is 1. The summed E-state index contributed by atoms with van der Waals surface area (Å²) in [6, 6.07) is 4.95. The quantitative estimate of drug-likeness (QED) is 0.847. The molecule has 0 aromatic heterocycles. The van der Waals surface area contributed by atoms with Crippen molar-refractivity contribution < 1.29 is 4.39 Å². The first-order chi connectivity index (χ1) is 9.20. The maximum Gasteiger partial charge on any atom is 0.148 e. The molecule has 0 atom stereocenters. The Morgan fingerprint density at radius 3 is 2.74 bits per heavy atom. The molecule has 1 aromatic carbocycles. The topological polar surface area (TPSA) is 15.3 Å². The smallest absolute Gasteiger partial charge is 0.148 e. The Bertz CT molecular complexity index is 437. The van der Waals surface area contributed by atoms with Gasteiger partial charge in [-0.15, -0.1) is 0 Å². The van der Waals surface area contributed by atoms with Crippen LogP contribution >= 0.6 is 11.6 Å². The van der Waals surface area contributed by atoms with Crippen molar-refractivity contribution in [1.82, 2.24) is 5.32 Å². The molecule has 1 N–H and O–H groups in total. The van der Waals surface area contributed by atoms with Crippen LogP contribution in [0.25, 0.3) is 0 Å². The molecule has 104 valence electrons. The van der Waals surface area contributed by atoms with Crippen LogP contribution in [0.15, 0.2) is 18.2 Å². The van der Waals surface area contributed by atoms with Crippen LogP contribution in [0.4, 0.5) is 10.1 Å². The molecule has 0 amide bonds. The Morgan fingerprint density at radius 2 is 2.00 bits per heavy atom. The zero-order valence-electron chi connectivity index (χ0n) is 11.1. The summed E-state index contributed by atoms with van der Waals surface area (Å²) >= 11 is 6.21. The minimum Gasteiger partial charge on any atom is -0.366 e. The van der Waals surface area contributed by atoms with Crippen LogP contribution in [-0.2, 0) is 0 Å². The van der Waals surface area contributed by atoms with Crippen LogP contribution in [0.1, 0.15) is 32.1 Å². The van der Waals surface area contributed by atoms with E-state index in [2.05, 4.69) is 10.2 Å². The third-order valence-electron chi connectivity index (χ3n) is 4.41. The first-order valence-corrected chi connectivity index (χ1v) is 7.52. The number of nitrogens with one attached hydrogen (secondary N) is 1. The summed E-state index contributed by atoms with van der Waals surface area (Å²) in [7, 11) is 0. The van der Waals surface area contributed by atoms with Crippen molar-refractivity contribution in [2.75, 3.05) is 24.5 Å². The number of rotatable bonds is 1. The monoisotopic (exact) mass is 282 g/mol. The van der Waals surface area contributed by atoms with Gasteiger partial charge in [0.05, 0.1) is 10.7 Å². The molecule has 2 aliphatic rings. The van der Waals surface area contributed by atoms with Crippen LogP contribution in [0.2, 0.25) is 5.02 Å². The molecule has 0 unspecified atom stereocenters. The molecule has 1 aliphatic heterocycles. The lowest BCUT2D eigenvalue weighted by Crippen LogP contribution is -2.49. The van der Waals surface area contributed by atoms with Crippen molar-refractivity contribution in [3.05, 3.63) is 29.0 Å². The maximum atomic E-state index is 14.1. The van der Waals surface area contributed by atoms with Gasteiger partial charge in [0.25, 0.3) is 0 Å². The molecule has 0 bridgehead atoms. The van der Waals surface area contributed by atoms with E-state index in [1.165, 1.54) is 31.7 Å². The molecule has 0 radical (unpaired) electrons. The number of para-hydroxylation sites is 1. The van der Waals surface area contributed by atoms with E-state index in [0.717, 1.165) is 26.1 Å². The van der Waals surface area contributed by atoms with Gasteiger partial charge in [-0.05, 0) is 37.9 Å². The lowest BCUT2D eigenvalue weighted by Gasteiger charge is -2.34. The van der Waals surface area contributed by atoms with Crippen LogP contribution in [-0.4, -0.2) is 25.2 Å². The molecule has 2 fully saturated rings. The Hall–Kier alpha value is -0.800. The van der Waals surface area contributed by atoms with Gasteiger partial charge in [0, 0.05) is 18.6 Å². The molecule has 3 rings (SSSR count). The molecule has 1 saturated carbocycles. The molecule has 1 spiro atoms. The minimum atomic E-state index is -0.206. The van der Waals surface area contributed by atoms with Gasteiger partial charge in [-0.25, -0.2) is 4.39 Å². The van der Waals surface area contributed by atoms with Gasteiger partial charge in [-0.1, -0.05) is 30.5 Å². The Kier molecular flexibility index (Phi) is 3.68. The van der Waals surface area contributed by atoms with Crippen LogP contribution < -0.4 is 10.2 Å². The number of anilines is 1. The zero-order chi connectivity index (χ0) is 13.3. The predicted molar refractivity (Wildman–Crippen MR) is 77.4 cm³/mol. The number of benzene rings is 1. The van der Waals surface area contributed by atoms with Gasteiger partial charge in [0.1, 0.15) is 5.82 Å². The van der Waals surface area contributed by atoms with Crippen molar-refractivity contribution in [2.24, 2.45) is 0 Å². The average molecular weight is 283 g/mol. The fraction of sp³-hybridized carbons (Fsp3) is 0.600. The Morgan fingerprint density at radius 1 is 1.21 bits per heavy atom. The van der Waals surface area contributed by atoms with Crippen molar-refractivity contribution in [2.45, 2.75) is 37.6 Å². The largest absolute Gasteiger partial charge is 0.366 e. The highest BCUT2D eigenvalue weighted by atomic mass is 35.5. The van der Waals surface area contributed by atoms with E-state index in [0.29, 0.717) is 10.7 Å². The lowest BCUT2D eigenvalue weighted by atomic mass is 9.97. The molecular formula is C15H20ClFN2. The highest BCUT2D eigenvalue weighted by molar-refractivity contribution is 6.33. The van der Waals surface area contributed by atoms with E-state index in [4.69, 9.17) is 11.6 Å². The van der Waals surface area contributed by atoms with Gasteiger partial charge >= 0.3 is 0 Å². The summed E-state index contributed by atoms with van der Waals surface area (Å²) in [6.45, 7) is 2.76. The number of hydrogen-bond donors (Lipinski definition) is 1. The molecule has 1 aliphatic carbocycles. The number of halogens is 2. The summed E-state index contributed by atoms with van der Waals surface area (Å²) < 4.78 is 14.1. The zero-order valence-corrected chi connectivity index (χ0v) is 11.8. The van der Waals surface area contributed by atoms with Gasteiger partial charge < -0.3 is 10.2 Å². The van der Waals surface area contributed by atoms with E-state index in [1.54, 1.807) is 12.1 Å². The maximum absolute atomic E-state index is 14.1. The van der Waals surface area contributed by atoms with E-state index < -0.39 is 0 Å². The Labute approximate surface area is 118 Å². The summed E-state index contributed by atoms with van der Waals surface area (Å²) in [4.78, 5) is 2.14. The van der Waals surface area contributed by atoms with E-state index in [-0.39, 0.29) is 11.4 Å². The van der Waals surface area contributed by atoms with Crippen molar-refractivity contribution >= 4 is 17.3 Å².